The number of fused-ring (bicyclic) bond motifs is 2. The molecule has 0 atom stereocenters. The Hall–Kier alpha value is -4.19. The average molecular weight is 427 g/mol. The summed E-state index contributed by atoms with van der Waals surface area (Å²) in [5.41, 5.74) is 2.99. The number of halogens is 1. The summed E-state index contributed by atoms with van der Waals surface area (Å²) in [5, 5.41) is 4.12. The van der Waals surface area contributed by atoms with Crippen molar-refractivity contribution in [1.29, 1.82) is 0 Å². The molecule has 2 heterocycles. The van der Waals surface area contributed by atoms with Crippen LogP contribution in [0.4, 0.5) is 10.1 Å². The van der Waals surface area contributed by atoms with E-state index in [1.165, 1.54) is 24.3 Å². The van der Waals surface area contributed by atoms with Crippen LogP contribution in [0.25, 0.3) is 33.3 Å². The second-order valence-corrected chi connectivity index (χ2v) is 7.67. The number of rotatable bonds is 3. The van der Waals surface area contributed by atoms with Gasteiger partial charge in [0.15, 0.2) is 5.76 Å². The first-order chi connectivity index (χ1) is 15.4. The molecule has 158 valence electrons. The van der Waals surface area contributed by atoms with Crippen LogP contribution < -0.4 is 10.9 Å². The van der Waals surface area contributed by atoms with Crippen LogP contribution in [-0.2, 0) is 0 Å². The van der Waals surface area contributed by atoms with Gasteiger partial charge in [-0.3, -0.25) is 4.79 Å². The van der Waals surface area contributed by atoms with Gasteiger partial charge in [-0.1, -0.05) is 30.3 Å². The Labute approximate surface area is 182 Å². The van der Waals surface area contributed by atoms with Crippen LogP contribution in [-0.4, -0.2) is 5.91 Å². The molecule has 0 fully saturated rings. The number of furan rings is 1. The fraction of sp³-hybridized carbons (Fsp3) is 0.0769. The lowest BCUT2D eigenvalue weighted by Crippen LogP contribution is -2.14. The molecule has 0 unspecified atom stereocenters. The smallest absolute Gasteiger partial charge is 0.336 e. The summed E-state index contributed by atoms with van der Waals surface area (Å²) in [4.78, 5) is 25.3. The highest BCUT2D eigenvalue weighted by molar-refractivity contribution is 6.13. The van der Waals surface area contributed by atoms with E-state index >= 15 is 0 Å². The van der Waals surface area contributed by atoms with E-state index < -0.39 is 17.3 Å². The molecule has 0 spiro atoms. The Morgan fingerprint density at radius 1 is 0.906 bits per heavy atom. The Morgan fingerprint density at radius 3 is 2.47 bits per heavy atom. The van der Waals surface area contributed by atoms with Crippen molar-refractivity contribution in [2.75, 3.05) is 5.32 Å². The molecule has 2 aromatic heterocycles. The topological polar surface area (TPSA) is 72.5 Å². The van der Waals surface area contributed by atoms with E-state index in [4.69, 9.17) is 8.83 Å². The quantitative estimate of drug-likeness (QED) is 0.347. The zero-order valence-electron chi connectivity index (χ0n) is 17.4. The highest BCUT2D eigenvalue weighted by Gasteiger charge is 2.23. The lowest BCUT2D eigenvalue weighted by Gasteiger charge is -2.10. The number of hydrogen-bond donors (Lipinski definition) is 1. The van der Waals surface area contributed by atoms with Gasteiger partial charge in [0.2, 0.25) is 0 Å². The van der Waals surface area contributed by atoms with Crippen molar-refractivity contribution in [3.05, 3.63) is 99.7 Å². The van der Waals surface area contributed by atoms with E-state index in [-0.39, 0.29) is 5.56 Å². The Kier molecular flexibility index (Phi) is 4.63. The second-order valence-electron chi connectivity index (χ2n) is 7.67. The minimum Gasteiger partial charge on any atom is -0.454 e. The maximum absolute atomic E-state index is 14.2. The van der Waals surface area contributed by atoms with Gasteiger partial charge in [0.1, 0.15) is 17.0 Å². The number of para-hydroxylation sites is 1. The van der Waals surface area contributed by atoms with Crippen LogP contribution in [0.5, 0.6) is 0 Å². The number of aryl methyl sites for hydroxylation is 2. The molecule has 0 radical (unpaired) electrons. The zero-order valence-corrected chi connectivity index (χ0v) is 17.4. The van der Waals surface area contributed by atoms with E-state index in [0.29, 0.717) is 38.9 Å². The summed E-state index contributed by atoms with van der Waals surface area (Å²) >= 11 is 0. The number of nitrogens with one attached hydrogen (secondary N) is 1. The number of anilines is 1. The summed E-state index contributed by atoms with van der Waals surface area (Å²) in [7, 11) is 0. The van der Waals surface area contributed by atoms with E-state index in [2.05, 4.69) is 5.32 Å². The maximum atomic E-state index is 14.2. The molecule has 5 aromatic rings. The third-order valence-electron chi connectivity index (χ3n) is 5.37. The molecule has 0 aliphatic heterocycles. The van der Waals surface area contributed by atoms with Crippen molar-refractivity contribution in [2.45, 2.75) is 13.8 Å². The molecule has 5 rings (SSSR count). The first kappa shape index (κ1) is 19.8. The van der Waals surface area contributed by atoms with Gasteiger partial charge in [-0.25, -0.2) is 9.18 Å². The van der Waals surface area contributed by atoms with Crippen LogP contribution in [0.1, 0.15) is 21.5 Å². The molecular formula is C26H18FNO4. The van der Waals surface area contributed by atoms with Gasteiger partial charge in [0.05, 0.1) is 11.3 Å². The number of amides is 1. The Bertz CT molecular complexity index is 1580. The van der Waals surface area contributed by atoms with Crippen LogP contribution in [0.3, 0.4) is 0 Å². The van der Waals surface area contributed by atoms with E-state index in [1.54, 1.807) is 18.2 Å². The Morgan fingerprint density at radius 2 is 1.66 bits per heavy atom. The largest absolute Gasteiger partial charge is 0.454 e. The standard InChI is InChI=1S/C26H18FNO4/c1-14-11-15(2)24-18(12-14)19(13-22(29)32-24)25-23(17-8-4-6-10-21(17)31-25)28-26(30)16-7-3-5-9-20(16)27/h3-13H,1-2H3,(H,28,30). The van der Waals surface area contributed by atoms with Gasteiger partial charge in [-0.2, -0.15) is 0 Å². The number of carbonyl (C=O) groups is 1. The van der Waals surface area contributed by atoms with Crippen LogP contribution >= 0.6 is 0 Å². The van der Waals surface area contributed by atoms with Gasteiger partial charge < -0.3 is 14.2 Å². The van der Waals surface area contributed by atoms with Crippen LogP contribution in [0, 0.1) is 19.7 Å². The molecule has 0 aliphatic carbocycles. The lowest BCUT2D eigenvalue weighted by molar-refractivity contribution is 0.102. The minimum atomic E-state index is -0.628. The molecule has 0 saturated heterocycles. The van der Waals surface area contributed by atoms with E-state index in [9.17, 15) is 14.0 Å². The summed E-state index contributed by atoms with van der Waals surface area (Å²) in [6, 6.07) is 18.1. The van der Waals surface area contributed by atoms with Gasteiger partial charge in [0.25, 0.3) is 5.91 Å². The van der Waals surface area contributed by atoms with Crippen LogP contribution in [0.2, 0.25) is 0 Å². The van der Waals surface area contributed by atoms with E-state index in [0.717, 1.165) is 11.1 Å². The monoisotopic (exact) mass is 427 g/mol. The molecule has 0 saturated carbocycles. The van der Waals surface area contributed by atoms with Crippen molar-refractivity contribution in [1.82, 2.24) is 0 Å². The molecule has 0 bridgehead atoms. The van der Waals surface area contributed by atoms with Gasteiger partial charge in [-0.15, -0.1) is 0 Å². The molecule has 0 aliphatic rings. The van der Waals surface area contributed by atoms with Gasteiger partial charge in [0, 0.05) is 22.4 Å². The minimum absolute atomic E-state index is 0.0900. The highest BCUT2D eigenvalue weighted by atomic mass is 19.1. The summed E-state index contributed by atoms with van der Waals surface area (Å²) < 4.78 is 25.8. The highest BCUT2D eigenvalue weighted by Crippen LogP contribution is 2.41. The predicted molar refractivity (Wildman–Crippen MR) is 122 cm³/mol. The first-order valence-electron chi connectivity index (χ1n) is 10.1. The maximum Gasteiger partial charge on any atom is 0.336 e. The molecule has 1 N–H and O–H groups in total. The molecule has 1 amide bonds. The summed E-state index contributed by atoms with van der Waals surface area (Å²) in [5.74, 6) is -0.939. The van der Waals surface area contributed by atoms with Crippen molar-refractivity contribution < 1.29 is 18.0 Å². The third kappa shape index (κ3) is 3.26. The van der Waals surface area contributed by atoms with Crippen molar-refractivity contribution in [3.63, 3.8) is 0 Å². The molecular weight excluding hydrogens is 409 g/mol. The van der Waals surface area contributed by atoms with Gasteiger partial charge in [-0.05, 0) is 55.3 Å². The SMILES string of the molecule is Cc1cc(C)c2oc(=O)cc(-c3oc4ccccc4c3NC(=O)c3ccccc3F)c2c1. The molecule has 3 aromatic carbocycles. The molecule has 5 nitrogen and oxygen atoms in total. The van der Waals surface area contributed by atoms with Crippen molar-refractivity contribution in [2.24, 2.45) is 0 Å². The fourth-order valence-electron chi connectivity index (χ4n) is 3.99. The Balaban J connectivity index is 1.77. The van der Waals surface area contributed by atoms with E-state index in [1.807, 2.05) is 38.1 Å². The van der Waals surface area contributed by atoms with Crippen LogP contribution in [0.15, 0.2) is 80.4 Å². The number of hydrogen-bond acceptors (Lipinski definition) is 4. The summed E-state index contributed by atoms with van der Waals surface area (Å²) in [6.45, 7) is 3.81. The van der Waals surface area contributed by atoms with Gasteiger partial charge >= 0.3 is 5.63 Å². The lowest BCUT2D eigenvalue weighted by atomic mass is 10.0. The first-order valence-corrected chi connectivity index (χ1v) is 10.1. The summed E-state index contributed by atoms with van der Waals surface area (Å²) in [6.07, 6.45) is 0. The van der Waals surface area contributed by atoms with Crippen molar-refractivity contribution in [3.8, 4) is 11.3 Å². The zero-order chi connectivity index (χ0) is 22.4. The third-order valence-corrected chi connectivity index (χ3v) is 5.37. The fourth-order valence-corrected chi connectivity index (χ4v) is 3.99. The molecule has 6 heteroatoms. The number of carbonyl (C=O) groups excluding carboxylic acids is 1. The molecule has 32 heavy (non-hydrogen) atoms. The average Bonchev–Trinajstić information content (AvgIpc) is 3.12. The number of benzene rings is 3. The second kappa shape index (κ2) is 7.50. The predicted octanol–water partition coefficient (Wildman–Crippen LogP) is 6.21. The normalized spacial score (nSPS) is 11.2. The van der Waals surface area contributed by atoms with Crippen molar-refractivity contribution >= 4 is 33.5 Å².